The molecule has 0 spiro atoms. The van der Waals surface area contributed by atoms with Crippen LogP contribution in [0.3, 0.4) is 0 Å². The number of nitrogens with one attached hydrogen (secondary N) is 1. The molecule has 106 valence electrons. The highest BCUT2D eigenvalue weighted by molar-refractivity contribution is 5.73. The van der Waals surface area contributed by atoms with Crippen molar-refractivity contribution in [3.8, 4) is 0 Å². The summed E-state index contributed by atoms with van der Waals surface area (Å²) in [5.41, 5.74) is 0.581. The lowest BCUT2D eigenvalue weighted by Gasteiger charge is -2.21. The Labute approximate surface area is 113 Å². The van der Waals surface area contributed by atoms with Gasteiger partial charge in [-0.15, -0.1) is 0 Å². The van der Waals surface area contributed by atoms with Crippen LogP contribution in [0.15, 0.2) is 24.3 Å². The van der Waals surface area contributed by atoms with Crippen LogP contribution in [0, 0.1) is 11.2 Å². The minimum Gasteiger partial charge on any atom is -0.480 e. The van der Waals surface area contributed by atoms with Crippen molar-refractivity contribution < 1.29 is 14.3 Å². The zero-order chi connectivity index (χ0) is 14.5. The summed E-state index contributed by atoms with van der Waals surface area (Å²) in [5, 5.41) is 12.1. The molecule has 0 aromatic heterocycles. The monoisotopic (exact) mass is 267 g/mol. The molecule has 0 fully saturated rings. The van der Waals surface area contributed by atoms with Crippen LogP contribution in [0.2, 0.25) is 0 Å². The Morgan fingerprint density at radius 3 is 2.53 bits per heavy atom. The maximum absolute atomic E-state index is 13.4. The molecule has 0 aliphatic carbocycles. The summed E-state index contributed by atoms with van der Waals surface area (Å²) in [6.07, 6.45) is 1.33. The number of benzene rings is 1. The Morgan fingerprint density at radius 2 is 2.00 bits per heavy atom. The van der Waals surface area contributed by atoms with E-state index in [2.05, 4.69) is 26.1 Å². The van der Waals surface area contributed by atoms with E-state index in [1.165, 1.54) is 6.07 Å². The van der Waals surface area contributed by atoms with Gasteiger partial charge in [-0.05, 0) is 24.3 Å². The molecule has 0 saturated carbocycles. The number of carbonyl (C=O) groups is 1. The van der Waals surface area contributed by atoms with Crippen molar-refractivity contribution in [3.63, 3.8) is 0 Å². The summed E-state index contributed by atoms with van der Waals surface area (Å²) in [6.45, 7) is 6.45. The molecule has 1 aromatic rings. The molecule has 0 saturated heterocycles. The van der Waals surface area contributed by atoms with E-state index in [1.807, 2.05) is 0 Å². The van der Waals surface area contributed by atoms with Crippen LogP contribution in [0.1, 0.15) is 39.2 Å². The second kappa shape index (κ2) is 6.66. The third-order valence-corrected chi connectivity index (χ3v) is 2.98. The molecule has 4 heteroatoms. The number of hydrogen-bond donors (Lipinski definition) is 2. The van der Waals surface area contributed by atoms with E-state index in [4.69, 9.17) is 5.11 Å². The smallest absolute Gasteiger partial charge is 0.320 e. The van der Waals surface area contributed by atoms with E-state index in [1.54, 1.807) is 18.2 Å². The molecule has 2 N–H and O–H groups in total. The first kappa shape index (κ1) is 15.6. The Bertz CT molecular complexity index is 426. The van der Waals surface area contributed by atoms with Gasteiger partial charge in [-0.2, -0.15) is 0 Å². The predicted octanol–water partition coefficient (Wildman–Crippen LogP) is 3.19. The summed E-state index contributed by atoms with van der Waals surface area (Å²) >= 11 is 0. The molecule has 3 nitrogen and oxygen atoms in total. The van der Waals surface area contributed by atoms with Crippen LogP contribution in [0.4, 0.5) is 4.39 Å². The standard InChI is InChI=1S/C15H22FNO2/c1-15(2,3)9-8-13(14(18)19)17-10-11-6-4-5-7-12(11)16/h4-7,13,17H,8-10H2,1-3H3,(H,18,19)/t13-/m0/s1. The number of rotatable bonds is 6. The van der Waals surface area contributed by atoms with Gasteiger partial charge in [-0.3, -0.25) is 4.79 Å². The van der Waals surface area contributed by atoms with Crippen molar-refractivity contribution in [3.05, 3.63) is 35.6 Å². The lowest BCUT2D eigenvalue weighted by atomic mass is 9.88. The Kier molecular flexibility index (Phi) is 5.48. The van der Waals surface area contributed by atoms with Gasteiger partial charge in [0.15, 0.2) is 0 Å². The maximum atomic E-state index is 13.4. The minimum atomic E-state index is -0.888. The van der Waals surface area contributed by atoms with Gasteiger partial charge in [-0.25, -0.2) is 4.39 Å². The number of hydrogen-bond acceptors (Lipinski definition) is 2. The van der Waals surface area contributed by atoms with Gasteiger partial charge in [0.2, 0.25) is 0 Å². The van der Waals surface area contributed by atoms with Crippen LogP contribution in [0.25, 0.3) is 0 Å². The first-order chi connectivity index (χ1) is 8.79. The third kappa shape index (κ3) is 5.83. The second-order valence-electron chi connectivity index (χ2n) is 5.96. The first-order valence-electron chi connectivity index (χ1n) is 6.49. The highest BCUT2D eigenvalue weighted by atomic mass is 19.1. The Morgan fingerprint density at radius 1 is 1.37 bits per heavy atom. The van der Waals surface area contributed by atoms with Gasteiger partial charge < -0.3 is 10.4 Å². The lowest BCUT2D eigenvalue weighted by molar-refractivity contribution is -0.139. The average molecular weight is 267 g/mol. The van der Waals surface area contributed by atoms with E-state index in [0.29, 0.717) is 12.0 Å². The summed E-state index contributed by atoms with van der Waals surface area (Å²) in [4.78, 5) is 11.2. The van der Waals surface area contributed by atoms with Crippen LogP contribution in [0.5, 0.6) is 0 Å². The largest absolute Gasteiger partial charge is 0.480 e. The number of halogens is 1. The molecular weight excluding hydrogens is 245 g/mol. The van der Waals surface area contributed by atoms with Crippen LogP contribution in [-0.2, 0) is 11.3 Å². The van der Waals surface area contributed by atoms with E-state index in [9.17, 15) is 9.18 Å². The molecule has 19 heavy (non-hydrogen) atoms. The Hall–Kier alpha value is -1.42. The highest BCUT2D eigenvalue weighted by Crippen LogP contribution is 2.21. The first-order valence-corrected chi connectivity index (χ1v) is 6.49. The SMILES string of the molecule is CC(C)(C)CC[C@H](NCc1ccccc1F)C(=O)O. The minimum absolute atomic E-state index is 0.0907. The van der Waals surface area contributed by atoms with Crippen molar-refractivity contribution in [1.29, 1.82) is 0 Å². The topological polar surface area (TPSA) is 49.3 Å². The number of aliphatic carboxylic acids is 1. The quantitative estimate of drug-likeness (QED) is 0.832. The molecule has 0 aliphatic rings. The van der Waals surface area contributed by atoms with E-state index < -0.39 is 12.0 Å². The van der Waals surface area contributed by atoms with E-state index in [0.717, 1.165) is 6.42 Å². The second-order valence-corrected chi connectivity index (χ2v) is 5.96. The van der Waals surface area contributed by atoms with Gasteiger partial charge in [0, 0.05) is 12.1 Å². The number of carboxylic acids is 1. The molecule has 1 rings (SSSR count). The fraction of sp³-hybridized carbons (Fsp3) is 0.533. The normalized spacial score (nSPS) is 13.3. The number of carboxylic acid groups (broad SMARTS) is 1. The van der Waals surface area contributed by atoms with Gasteiger partial charge in [0.25, 0.3) is 0 Å². The highest BCUT2D eigenvalue weighted by Gasteiger charge is 2.20. The average Bonchev–Trinajstić information content (AvgIpc) is 2.29. The van der Waals surface area contributed by atoms with Crippen molar-refractivity contribution in [2.45, 2.75) is 46.2 Å². The lowest BCUT2D eigenvalue weighted by Crippen LogP contribution is -2.37. The van der Waals surface area contributed by atoms with Crippen LogP contribution in [-0.4, -0.2) is 17.1 Å². The van der Waals surface area contributed by atoms with Crippen molar-refractivity contribution in [1.82, 2.24) is 5.32 Å². The molecule has 0 radical (unpaired) electrons. The molecule has 0 amide bonds. The molecule has 0 bridgehead atoms. The molecular formula is C15H22FNO2. The van der Waals surface area contributed by atoms with Crippen LogP contribution >= 0.6 is 0 Å². The fourth-order valence-electron chi connectivity index (χ4n) is 1.77. The van der Waals surface area contributed by atoms with Crippen molar-refractivity contribution in [2.75, 3.05) is 0 Å². The molecule has 0 unspecified atom stereocenters. The summed E-state index contributed by atoms with van der Waals surface area (Å²) in [7, 11) is 0. The zero-order valence-corrected chi connectivity index (χ0v) is 11.7. The maximum Gasteiger partial charge on any atom is 0.320 e. The van der Waals surface area contributed by atoms with Gasteiger partial charge in [0.05, 0.1) is 0 Å². The van der Waals surface area contributed by atoms with E-state index in [-0.39, 0.29) is 17.8 Å². The Balaban J connectivity index is 2.55. The molecule has 0 heterocycles. The molecule has 1 aromatic carbocycles. The third-order valence-electron chi connectivity index (χ3n) is 2.98. The van der Waals surface area contributed by atoms with Crippen molar-refractivity contribution in [2.24, 2.45) is 5.41 Å². The summed E-state index contributed by atoms with van der Waals surface area (Å²) < 4.78 is 13.4. The van der Waals surface area contributed by atoms with E-state index >= 15 is 0 Å². The summed E-state index contributed by atoms with van der Waals surface area (Å²) in [5.74, 6) is -1.20. The summed E-state index contributed by atoms with van der Waals surface area (Å²) in [6, 6.07) is 5.75. The predicted molar refractivity (Wildman–Crippen MR) is 73.4 cm³/mol. The van der Waals surface area contributed by atoms with Crippen LogP contribution < -0.4 is 5.32 Å². The fourth-order valence-corrected chi connectivity index (χ4v) is 1.77. The zero-order valence-electron chi connectivity index (χ0n) is 11.7. The molecule has 0 aliphatic heterocycles. The van der Waals surface area contributed by atoms with Crippen molar-refractivity contribution >= 4 is 5.97 Å². The van der Waals surface area contributed by atoms with Gasteiger partial charge >= 0.3 is 5.97 Å². The molecule has 1 atom stereocenters. The van der Waals surface area contributed by atoms with Gasteiger partial charge in [0.1, 0.15) is 11.9 Å². The van der Waals surface area contributed by atoms with Gasteiger partial charge in [-0.1, -0.05) is 39.0 Å².